The first kappa shape index (κ1) is 13.8. The third-order valence-corrected chi connectivity index (χ3v) is 4.99. The molecule has 1 aromatic heterocycles. The predicted molar refractivity (Wildman–Crippen MR) is 84.4 cm³/mol. The number of benzene rings is 1. The zero-order valence-electron chi connectivity index (χ0n) is 11.0. The lowest BCUT2D eigenvalue weighted by Gasteiger charge is -2.22. The highest BCUT2D eigenvalue weighted by atomic mass is 79.9. The second kappa shape index (κ2) is 5.55. The molecule has 0 aliphatic carbocycles. The minimum Gasteiger partial charge on any atom is -0.319 e. The Hall–Kier alpha value is -0.640. The van der Waals surface area contributed by atoms with Crippen molar-refractivity contribution in [3.8, 4) is 10.4 Å². The van der Waals surface area contributed by atoms with Crippen LogP contribution < -0.4 is 5.32 Å². The molecule has 0 unspecified atom stereocenters. The monoisotopic (exact) mass is 323 g/mol. The van der Waals surface area contributed by atoms with Crippen molar-refractivity contribution in [2.45, 2.75) is 19.3 Å². The first-order valence-corrected chi connectivity index (χ1v) is 7.65. The Morgan fingerprint density at radius 3 is 2.67 bits per heavy atom. The summed E-state index contributed by atoms with van der Waals surface area (Å²) in [6, 6.07) is 12.9. The molecule has 2 aromatic rings. The molecule has 1 aromatic carbocycles. The summed E-state index contributed by atoms with van der Waals surface area (Å²) in [5.74, 6) is 0. The van der Waals surface area contributed by atoms with Crippen molar-refractivity contribution in [1.29, 1.82) is 0 Å². The van der Waals surface area contributed by atoms with E-state index in [9.17, 15) is 0 Å². The van der Waals surface area contributed by atoms with Gasteiger partial charge in [-0.15, -0.1) is 11.3 Å². The van der Waals surface area contributed by atoms with Crippen LogP contribution in [0.5, 0.6) is 0 Å². The molecule has 1 heterocycles. The van der Waals surface area contributed by atoms with Crippen molar-refractivity contribution in [3.05, 3.63) is 45.7 Å². The van der Waals surface area contributed by atoms with Gasteiger partial charge < -0.3 is 5.32 Å². The van der Waals surface area contributed by atoms with E-state index in [1.165, 1.54) is 15.3 Å². The maximum absolute atomic E-state index is 3.53. The van der Waals surface area contributed by atoms with Crippen molar-refractivity contribution in [2.24, 2.45) is 0 Å². The van der Waals surface area contributed by atoms with Crippen LogP contribution in [0.3, 0.4) is 0 Å². The number of hydrogen-bond acceptors (Lipinski definition) is 2. The van der Waals surface area contributed by atoms with Crippen LogP contribution in [0.15, 0.2) is 40.9 Å². The van der Waals surface area contributed by atoms with Gasteiger partial charge in [0.25, 0.3) is 0 Å². The molecule has 1 nitrogen and oxygen atoms in total. The van der Waals surface area contributed by atoms with Gasteiger partial charge in [0.05, 0.1) is 0 Å². The lowest BCUT2D eigenvalue weighted by atomic mass is 9.91. The van der Waals surface area contributed by atoms with Crippen LogP contribution in [0.4, 0.5) is 0 Å². The number of halogens is 1. The highest BCUT2D eigenvalue weighted by Gasteiger charge is 2.21. The Kier molecular flexibility index (Phi) is 4.25. The third-order valence-electron chi connectivity index (χ3n) is 3.00. The van der Waals surface area contributed by atoms with E-state index in [2.05, 4.69) is 71.5 Å². The molecule has 0 spiro atoms. The van der Waals surface area contributed by atoms with Crippen LogP contribution in [-0.2, 0) is 5.41 Å². The molecule has 0 saturated carbocycles. The summed E-state index contributed by atoms with van der Waals surface area (Å²) in [4.78, 5) is 2.75. The molecule has 0 fully saturated rings. The van der Waals surface area contributed by atoms with Gasteiger partial charge in [-0.2, -0.15) is 0 Å². The van der Waals surface area contributed by atoms with Crippen molar-refractivity contribution >= 4 is 27.3 Å². The second-order valence-electron chi connectivity index (χ2n) is 5.09. The fourth-order valence-electron chi connectivity index (χ4n) is 2.03. The van der Waals surface area contributed by atoms with Gasteiger partial charge in [0, 0.05) is 26.2 Å². The SMILES string of the molecule is CNCC(C)(C)c1ccc(-c2cccc(Br)c2)s1. The average Bonchev–Trinajstić information content (AvgIpc) is 2.78. The van der Waals surface area contributed by atoms with Gasteiger partial charge in [-0.1, -0.05) is 41.9 Å². The van der Waals surface area contributed by atoms with Crippen molar-refractivity contribution < 1.29 is 0 Å². The minimum atomic E-state index is 0.184. The number of likely N-dealkylation sites (N-methyl/N-ethyl adjacent to an activating group) is 1. The molecule has 0 aliphatic rings. The molecular weight excluding hydrogens is 306 g/mol. The Morgan fingerprint density at radius 2 is 2.00 bits per heavy atom. The number of thiophene rings is 1. The quantitative estimate of drug-likeness (QED) is 0.861. The van der Waals surface area contributed by atoms with E-state index in [-0.39, 0.29) is 5.41 Å². The number of hydrogen-bond donors (Lipinski definition) is 1. The normalized spacial score (nSPS) is 11.8. The summed E-state index contributed by atoms with van der Waals surface area (Å²) in [6.07, 6.45) is 0. The fraction of sp³-hybridized carbons (Fsp3) is 0.333. The zero-order chi connectivity index (χ0) is 13.2. The van der Waals surface area contributed by atoms with Gasteiger partial charge >= 0.3 is 0 Å². The summed E-state index contributed by atoms with van der Waals surface area (Å²) in [5, 5.41) is 3.26. The van der Waals surface area contributed by atoms with E-state index < -0.39 is 0 Å². The van der Waals surface area contributed by atoms with Crippen molar-refractivity contribution in [1.82, 2.24) is 5.32 Å². The molecular formula is C15H18BrNS. The Bertz CT molecular complexity index is 531. The summed E-state index contributed by atoms with van der Waals surface area (Å²) in [7, 11) is 2.00. The van der Waals surface area contributed by atoms with Gasteiger partial charge in [0.15, 0.2) is 0 Å². The average molecular weight is 324 g/mol. The van der Waals surface area contributed by atoms with Crippen LogP contribution in [0.2, 0.25) is 0 Å². The maximum atomic E-state index is 3.53. The van der Waals surface area contributed by atoms with Crippen LogP contribution in [0.25, 0.3) is 10.4 Å². The highest BCUT2D eigenvalue weighted by molar-refractivity contribution is 9.10. The smallest absolute Gasteiger partial charge is 0.0346 e. The largest absolute Gasteiger partial charge is 0.319 e. The Morgan fingerprint density at radius 1 is 1.22 bits per heavy atom. The van der Waals surface area contributed by atoms with Crippen LogP contribution >= 0.6 is 27.3 Å². The highest BCUT2D eigenvalue weighted by Crippen LogP contribution is 2.35. The topological polar surface area (TPSA) is 12.0 Å². The standard InChI is InChI=1S/C15H18BrNS/c1-15(2,10-17-3)14-8-7-13(18-14)11-5-4-6-12(16)9-11/h4-9,17H,10H2,1-3H3. The van der Waals surface area contributed by atoms with E-state index in [1.54, 1.807) is 0 Å². The summed E-state index contributed by atoms with van der Waals surface area (Å²) in [5.41, 5.74) is 1.46. The maximum Gasteiger partial charge on any atom is 0.0346 e. The summed E-state index contributed by atoms with van der Waals surface area (Å²) in [6.45, 7) is 5.55. The van der Waals surface area contributed by atoms with Crippen molar-refractivity contribution in [2.75, 3.05) is 13.6 Å². The van der Waals surface area contributed by atoms with Gasteiger partial charge in [-0.25, -0.2) is 0 Å². The van der Waals surface area contributed by atoms with Gasteiger partial charge in [-0.3, -0.25) is 0 Å². The molecule has 96 valence electrons. The van der Waals surface area contributed by atoms with Crippen LogP contribution in [0.1, 0.15) is 18.7 Å². The molecule has 1 N–H and O–H groups in total. The lowest BCUT2D eigenvalue weighted by Crippen LogP contribution is -2.29. The first-order chi connectivity index (χ1) is 8.53. The Balaban J connectivity index is 2.31. The molecule has 0 atom stereocenters. The molecule has 0 saturated heterocycles. The van der Waals surface area contributed by atoms with E-state index in [0.29, 0.717) is 0 Å². The summed E-state index contributed by atoms with van der Waals surface area (Å²) >= 11 is 5.41. The van der Waals surface area contributed by atoms with E-state index in [1.807, 2.05) is 18.4 Å². The molecule has 2 rings (SSSR count). The van der Waals surface area contributed by atoms with E-state index in [0.717, 1.165) is 11.0 Å². The lowest BCUT2D eigenvalue weighted by molar-refractivity contribution is 0.503. The van der Waals surface area contributed by atoms with E-state index >= 15 is 0 Å². The van der Waals surface area contributed by atoms with E-state index in [4.69, 9.17) is 0 Å². The molecule has 3 heteroatoms. The Labute approximate surface area is 121 Å². The molecule has 0 bridgehead atoms. The minimum absolute atomic E-state index is 0.184. The number of nitrogens with one attached hydrogen (secondary N) is 1. The van der Waals surface area contributed by atoms with Gasteiger partial charge in [0.2, 0.25) is 0 Å². The molecule has 0 radical (unpaired) electrons. The van der Waals surface area contributed by atoms with Gasteiger partial charge in [0.1, 0.15) is 0 Å². The third kappa shape index (κ3) is 3.02. The molecule has 0 aliphatic heterocycles. The molecule has 18 heavy (non-hydrogen) atoms. The summed E-state index contributed by atoms with van der Waals surface area (Å²) < 4.78 is 1.13. The fourth-order valence-corrected chi connectivity index (χ4v) is 3.53. The second-order valence-corrected chi connectivity index (χ2v) is 7.09. The van der Waals surface area contributed by atoms with Gasteiger partial charge in [-0.05, 0) is 36.9 Å². The zero-order valence-corrected chi connectivity index (χ0v) is 13.4. The predicted octanol–water partition coefficient (Wildman–Crippen LogP) is 4.67. The molecule has 0 amide bonds. The first-order valence-electron chi connectivity index (χ1n) is 6.04. The number of rotatable bonds is 4. The van der Waals surface area contributed by atoms with Crippen LogP contribution in [0, 0.1) is 0 Å². The van der Waals surface area contributed by atoms with Crippen LogP contribution in [-0.4, -0.2) is 13.6 Å². The van der Waals surface area contributed by atoms with Crippen molar-refractivity contribution in [3.63, 3.8) is 0 Å².